The minimum atomic E-state index is 0.0915. The fraction of sp³-hybridized carbons (Fsp3) is 0.385. The number of nitrogens with zero attached hydrogens (tertiary/aromatic N) is 1. The van der Waals surface area contributed by atoms with Gasteiger partial charge in [0.1, 0.15) is 0 Å². The van der Waals surface area contributed by atoms with Gasteiger partial charge in [0.15, 0.2) is 0 Å². The molecule has 0 spiro atoms. The van der Waals surface area contributed by atoms with Gasteiger partial charge in [-0.05, 0) is 25.8 Å². The topological polar surface area (TPSA) is 20.3 Å². The molecule has 2 nitrogen and oxygen atoms in total. The molecule has 1 radical (unpaired) electrons. The number of carbonyl (C=O) groups is 1. The molecule has 1 rings (SSSR count). The fourth-order valence-corrected chi connectivity index (χ4v) is 1.22. The molecule has 2 heteroatoms. The van der Waals surface area contributed by atoms with Gasteiger partial charge in [-0.25, -0.2) is 0 Å². The molecule has 0 unspecified atom stereocenters. The normalized spacial score (nSPS) is 10.4. The van der Waals surface area contributed by atoms with Crippen molar-refractivity contribution in [1.82, 2.24) is 4.90 Å². The zero-order chi connectivity index (χ0) is 11.3. The summed E-state index contributed by atoms with van der Waals surface area (Å²) < 4.78 is 0. The number of amides is 1. The van der Waals surface area contributed by atoms with E-state index in [1.165, 1.54) is 5.56 Å². The molecule has 1 aromatic carbocycles. The summed E-state index contributed by atoms with van der Waals surface area (Å²) >= 11 is 0. The zero-order valence-corrected chi connectivity index (χ0v) is 9.60. The van der Waals surface area contributed by atoms with Crippen LogP contribution in [0.1, 0.15) is 19.4 Å². The van der Waals surface area contributed by atoms with Gasteiger partial charge in [0.05, 0.1) is 6.42 Å². The van der Waals surface area contributed by atoms with E-state index in [2.05, 4.69) is 0 Å². The number of benzene rings is 1. The Morgan fingerprint density at radius 2 is 1.93 bits per heavy atom. The van der Waals surface area contributed by atoms with E-state index >= 15 is 0 Å². The molecular formula is C13H18NO. The SMILES string of the molecule is CC(C)N(C)C(=O)[CH]Cc1ccccc1. The van der Waals surface area contributed by atoms with Crippen LogP contribution in [0, 0.1) is 6.42 Å². The van der Waals surface area contributed by atoms with Crippen molar-refractivity contribution in [3.05, 3.63) is 42.3 Å². The van der Waals surface area contributed by atoms with Crippen molar-refractivity contribution in [2.24, 2.45) is 0 Å². The van der Waals surface area contributed by atoms with Crippen molar-refractivity contribution in [3.8, 4) is 0 Å². The first-order valence-corrected chi connectivity index (χ1v) is 5.25. The number of carbonyl (C=O) groups excluding carboxylic acids is 1. The highest BCUT2D eigenvalue weighted by atomic mass is 16.2. The second-order valence-electron chi connectivity index (χ2n) is 3.94. The Balaban J connectivity index is 2.41. The predicted octanol–water partition coefficient (Wildman–Crippen LogP) is 2.30. The van der Waals surface area contributed by atoms with Gasteiger partial charge >= 0.3 is 0 Å². The molecule has 0 bridgehead atoms. The molecule has 0 aromatic heterocycles. The largest absolute Gasteiger partial charge is 0.343 e. The molecule has 0 saturated carbocycles. The van der Waals surface area contributed by atoms with Crippen molar-refractivity contribution in [1.29, 1.82) is 0 Å². The van der Waals surface area contributed by atoms with Crippen LogP contribution in [-0.2, 0) is 11.2 Å². The van der Waals surface area contributed by atoms with Gasteiger partial charge < -0.3 is 4.90 Å². The quantitative estimate of drug-likeness (QED) is 0.737. The lowest BCUT2D eigenvalue weighted by Gasteiger charge is -2.21. The van der Waals surface area contributed by atoms with E-state index in [1.807, 2.05) is 51.2 Å². The van der Waals surface area contributed by atoms with E-state index in [0.29, 0.717) is 6.42 Å². The third kappa shape index (κ3) is 3.74. The van der Waals surface area contributed by atoms with Gasteiger partial charge in [0, 0.05) is 13.1 Å². The van der Waals surface area contributed by atoms with E-state index in [9.17, 15) is 4.79 Å². The molecule has 0 N–H and O–H groups in total. The highest BCUT2D eigenvalue weighted by Crippen LogP contribution is 2.04. The Morgan fingerprint density at radius 3 is 2.47 bits per heavy atom. The molecule has 1 amide bonds. The van der Waals surface area contributed by atoms with Gasteiger partial charge in [-0.2, -0.15) is 0 Å². The van der Waals surface area contributed by atoms with Gasteiger partial charge in [-0.1, -0.05) is 30.3 Å². The van der Waals surface area contributed by atoms with Crippen molar-refractivity contribution < 1.29 is 4.79 Å². The van der Waals surface area contributed by atoms with Crippen molar-refractivity contribution in [3.63, 3.8) is 0 Å². The molecular weight excluding hydrogens is 186 g/mol. The maximum Gasteiger partial charge on any atom is 0.226 e. The summed E-state index contributed by atoms with van der Waals surface area (Å²) in [5.74, 6) is 0.0915. The standard InChI is InChI=1S/C13H18NO/c1-11(2)14(3)13(15)10-9-12-7-5-4-6-8-12/h4-8,10-11H,9H2,1-3H3. The molecule has 81 valence electrons. The highest BCUT2D eigenvalue weighted by Gasteiger charge is 2.11. The number of rotatable bonds is 4. The van der Waals surface area contributed by atoms with E-state index in [1.54, 1.807) is 11.3 Å². The van der Waals surface area contributed by atoms with Gasteiger partial charge in [-0.3, -0.25) is 4.79 Å². The van der Waals surface area contributed by atoms with Crippen LogP contribution in [0.5, 0.6) is 0 Å². The van der Waals surface area contributed by atoms with Crippen LogP contribution >= 0.6 is 0 Å². The van der Waals surface area contributed by atoms with Crippen molar-refractivity contribution in [2.45, 2.75) is 26.3 Å². The summed E-state index contributed by atoms with van der Waals surface area (Å²) in [4.78, 5) is 13.4. The van der Waals surface area contributed by atoms with Crippen molar-refractivity contribution in [2.75, 3.05) is 7.05 Å². The van der Waals surface area contributed by atoms with Crippen LogP contribution in [0.4, 0.5) is 0 Å². The number of hydrogen-bond acceptors (Lipinski definition) is 1. The summed E-state index contributed by atoms with van der Waals surface area (Å²) in [6, 6.07) is 10.3. The van der Waals surface area contributed by atoms with Crippen LogP contribution < -0.4 is 0 Å². The molecule has 0 atom stereocenters. The first-order valence-electron chi connectivity index (χ1n) is 5.25. The lowest BCUT2D eigenvalue weighted by Crippen LogP contribution is -2.33. The molecule has 1 aromatic rings. The summed E-state index contributed by atoms with van der Waals surface area (Å²) in [5.41, 5.74) is 1.17. The second-order valence-corrected chi connectivity index (χ2v) is 3.94. The third-order valence-corrected chi connectivity index (χ3v) is 2.48. The Morgan fingerprint density at radius 1 is 1.33 bits per heavy atom. The minimum absolute atomic E-state index is 0.0915. The molecule has 0 aliphatic carbocycles. The van der Waals surface area contributed by atoms with Crippen LogP contribution in [-0.4, -0.2) is 23.9 Å². The first kappa shape index (κ1) is 11.8. The summed E-state index contributed by atoms with van der Waals surface area (Å²) in [5, 5.41) is 0. The average molecular weight is 204 g/mol. The Hall–Kier alpha value is -1.31. The maximum atomic E-state index is 11.6. The zero-order valence-electron chi connectivity index (χ0n) is 9.60. The van der Waals surface area contributed by atoms with E-state index in [4.69, 9.17) is 0 Å². The summed E-state index contributed by atoms with van der Waals surface area (Å²) in [6.45, 7) is 4.02. The lowest BCUT2D eigenvalue weighted by atomic mass is 10.1. The van der Waals surface area contributed by atoms with Crippen LogP contribution in [0.15, 0.2) is 30.3 Å². The van der Waals surface area contributed by atoms with Crippen LogP contribution in [0.25, 0.3) is 0 Å². The molecule has 0 aliphatic heterocycles. The second kappa shape index (κ2) is 5.54. The van der Waals surface area contributed by atoms with Gasteiger partial charge in [-0.15, -0.1) is 0 Å². The Labute approximate surface area is 91.9 Å². The summed E-state index contributed by atoms with van der Waals surface area (Å²) in [6.07, 6.45) is 2.44. The van der Waals surface area contributed by atoms with Crippen LogP contribution in [0.2, 0.25) is 0 Å². The molecule has 0 aliphatic rings. The molecule has 0 saturated heterocycles. The fourth-order valence-electron chi connectivity index (χ4n) is 1.22. The molecule has 15 heavy (non-hydrogen) atoms. The smallest absolute Gasteiger partial charge is 0.226 e. The van der Waals surface area contributed by atoms with Crippen molar-refractivity contribution >= 4 is 5.91 Å². The van der Waals surface area contributed by atoms with Gasteiger partial charge in [0.2, 0.25) is 5.91 Å². The molecule has 0 fully saturated rings. The monoisotopic (exact) mass is 204 g/mol. The lowest BCUT2D eigenvalue weighted by molar-refractivity contribution is -0.127. The number of hydrogen-bond donors (Lipinski definition) is 0. The van der Waals surface area contributed by atoms with E-state index in [0.717, 1.165) is 0 Å². The van der Waals surface area contributed by atoms with Crippen LogP contribution in [0.3, 0.4) is 0 Å². The predicted molar refractivity (Wildman–Crippen MR) is 62.4 cm³/mol. The average Bonchev–Trinajstić information content (AvgIpc) is 2.26. The van der Waals surface area contributed by atoms with E-state index in [-0.39, 0.29) is 11.9 Å². The van der Waals surface area contributed by atoms with Gasteiger partial charge in [0.25, 0.3) is 0 Å². The highest BCUT2D eigenvalue weighted by molar-refractivity contribution is 5.85. The minimum Gasteiger partial charge on any atom is -0.343 e. The Bertz CT molecular complexity index is 306. The first-order chi connectivity index (χ1) is 7.11. The Kier molecular flexibility index (Phi) is 4.35. The summed E-state index contributed by atoms with van der Waals surface area (Å²) in [7, 11) is 1.83. The maximum absolute atomic E-state index is 11.6. The molecule has 0 heterocycles. The van der Waals surface area contributed by atoms with E-state index < -0.39 is 0 Å². The third-order valence-electron chi connectivity index (χ3n) is 2.48.